The summed E-state index contributed by atoms with van der Waals surface area (Å²) in [6.45, 7) is 4.02. The molecule has 2 aromatic rings. The molecule has 0 bridgehead atoms. The molecule has 0 aromatic carbocycles. The Morgan fingerprint density at radius 1 is 1.11 bits per heavy atom. The molecule has 4 heterocycles. The summed E-state index contributed by atoms with van der Waals surface area (Å²) in [5, 5.41) is 11.8. The molecular weight excluding hydrogens is 340 g/mol. The summed E-state index contributed by atoms with van der Waals surface area (Å²) >= 11 is 0. The van der Waals surface area contributed by atoms with Crippen molar-refractivity contribution in [1.29, 1.82) is 0 Å². The summed E-state index contributed by atoms with van der Waals surface area (Å²) in [6.07, 6.45) is 8.31. The van der Waals surface area contributed by atoms with Crippen LogP contribution in [0.1, 0.15) is 55.4 Å². The fourth-order valence-electron chi connectivity index (χ4n) is 4.16. The number of nitrogens with one attached hydrogen (secondary N) is 2. The van der Waals surface area contributed by atoms with Gasteiger partial charge in [-0.15, -0.1) is 0 Å². The van der Waals surface area contributed by atoms with E-state index in [1.807, 2.05) is 19.2 Å². The minimum Gasteiger partial charge on any atom is -0.357 e. The fraction of sp³-hybridized carbons (Fsp3) is 0.650. The third-order valence-corrected chi connectivity index (χ3v) is 5.74. The van der Waals surface area contributed by atoms with Crippen molar-refractivity contribution in [2.24, 2.45) is 7.05 Å². The van der Waals surface area contributed by atoms with Gasteiger partial charge in [-0.05, 0) is 50.9 Å². The molecular formula is C20H30N6O. The van der Waals surface area contributed by atoms with Gasteiger partial charge in [-0.3, -0.25) is 4.79 Å². The Labute approximate surface area is 160 Å². The standard InChI is InChI=1S/C20H30N6O/c1-25-19-16(18(24-25)20(27)22-15-9-11-21-12-10-15)7-8-17(23-19)26-13-5-3-2-4-6-14-26/h7-8,15,21H,2-6,9-14H2,1H3,(H,22,27). The molecule has 2 aromatic heterocycles. The van der Waals surface area contributed by atoms with Crippen LogP contribution in [0.15, 0.2) is 12.1 Å². The van der Waals surface area contributed by atoms with E-state index < -0.39 is 0 Å². The zero-order valence-corrected chi connectivity index (χ0v) is 16.2. The van der Waals surface area contributed by atoms with Crippen LogP contribution >= 0.6 is 0 Å². The van der Waals surface area contributed by atoms with Gasteiger partial charge in [0.05, 0.1) is 5.39 Å². The van der Waals surface area contributed by atoms with Crippen LogP contribution in [0.5, 0.6) is 0 Å². The van der Waals surface area contributed by atoms with E-state index in [2.05, 4.69) is 20.6 Å². The van der Waals surface area contributed by atoms with Crippen LogP contribution in [0.3, 0.4) is 0 Å². The second-order valence-electron chi connectivity index (χ2n) is 7.77. The lowest BCUT2D eigenvalue weighted by Gasteiger charge is -2.25. The minimum atomic E-state index is -0.0895. The van der Waals surface area contributed by atoms with Crippen molar-refractivity contribution in [1.82, 2.24) is 25.4 Å². The van der Waals surface area contributed by atoms with E-state index in [1.165, 1.54) is 32.1 Å². The predicted molar refractivity (Wildman–Crippen MR) is 107 cm³/mol. The molecule has 2 saturated heterocycles. The van der Waals surface area contributed by atoms with Crippen LogP contribution in [0.25, 0.3) is 11.0 Å². The van der Waals surface area contributed by atoms with Crippen LogP contribution in [-0.4, -0.2) is 52.9 Å². The van der Waals surface area contributed by atoms with Crippen molar-refractivity contribution >= 4 is 22.8 Å². The molecule has 0 aliphatic carbocycles. The van der Waals surface area contributed by atoms with Gasteiger partial charge in [-0.25, -0.2) is 9.67 Å². The molecule has 0 spiro atoms. The SMILES string of the molecule is Cn1nc(C(=O)NC2CCNCC2)c2ccc(N3CCCCCCC3)nc21. The highest BCUT2D eigenvalue weighted by Gasteiger charge is 2.22. The molecule has 0 atom stereocenters. The van der Waals surface area contributed by atoms with Gasteiger partial charge in [-0.2, -0.15) is 5.10 Å². The van der Waals surface area contributed by atoms with Crippen LogP contribution in [-0.2, 0) is 7.05 Å². The zero-order valence-electron chi connectivity index (χ0n) is 16.2. The summed E-state index contributed by atoms with van der Waals surface area (Å²) in [6, 6.07) is 4.29. The summed E-state index contributed by atoms with van der Waals surface area (Å²) < 4.78 is 1.74. The van der Waals surface area contributed by atoms with Crippen molar-refractivity contribution < 1.29 is 4.79 Å². The number of aromatic nitrogens is 3. The molecule has 0 unspecified atom stereocenters. The molecule has 2 fully saturated rings. The van der Waals surface area contributed by atoms with E-state index in [0.29, 0.717) is 5.69 Å². The molecule has 4 rings (SSSR count). The Morgan fingerprint density at radius 2 is 1.81 bits per heavy atom. The summed E-state index contributed by atoms with van der Waals surface area (Å²) in [7, 11) is 1.87. The number of rotatable bonds is 3. The van der Waals surface area contributed by atoms with Crippen LogP contribution in [0.4, 0.5) is 5.82 Å². The van der Waals surface area contributed by atoms with E-state index in [1.54, 1.807) is 4.68 Å². The molecule has 7 heteroatoms. The molecule has 0 radical (unpaired) electrons. The largest absolute Gasteiger partial charge is 0.357 e. The number of pyridine rings is 1. The number of carbonyl (C=O) groups is 1. The molecule has 2 aliphatic rings. The van der Waals surface area contributed by atoms with Gasteiger partial charge < -0.3 is 15.5 Å². The first-order valence-electron chi connectivity index (χ1n) is 10.3. The molecule has 2 N–H and O–H groups in total. The number of hydrogen-bond donors (Lipinski definition) is 2. The van der Waals surface area contributed by atoms with Gasteiger partial charge in [0.2, 0.25) is 0 Å². The summed E-state index contributed by atoms with van der Waals surface area (Å²) in [5.74, 6) is 0.908. The maximum atomic E-state index is 12.8. The summed E-state index contributed by atoms with van der Waals surface area (Å²) in [5.41, 5.74) is 1.27. The molecule has 7 nitrogen and oxygen atoms in total. The van der Waals surface area contributed by atoms with Crippen LogP contribution in [0, 0.1) is 0 Å². The molecule has 1 amide bonds. The second-order valence-corrected chi connectivity index (χ2v) is 7.77. The Kier molecular flexibility index (Phi) is 5.57. The van der Waals surface area contributed by atoms with Gasteiger partial charge >= 0.3 is 0 Å². The lowest BCUT2D eigenvalue weighted by atomic mass is 10.1. The average molecular weight is 371 g/mol. The van der Waals surface area contributed by atoms with E-state index in [9.17, 15) is 4.79 Å². The first-order valence-corrected chi connectivity index (χ1v) is 10.3. The Bertz CT molecular complexity index is 787. The number of aryl methyl sites for hydroxylation is 1. The van der Waals surface area contributed by atoms with Gasteiger partial charge in [0.25, 0.3) is 5.91 Å². The van der Waals surface area contributed by atoms with E-state index >= 15 is 0 Å². The van der Waals surface area contributed by atoms with Crippen molar-refractivity contribution in [3.05, 3.63) is 17.8 Å². The lowest BCUT2D eigenvalue weighted by Crippen LogP contribution is -2.42. The number of nitrogens with zero attached hydrogens (tertiary/aromatic N) is 4. The maximum absolute atomic E-state index is 12.8. The third kappa shape index (κ3) is 4.08. The fourth-order valence-corrected chi connectivity index (χ4v) is 4.16. The quantitative estimate of drug-likeness (QED) is 0.867. The van der Waals surface area contributed by atoms with Crippen LogP contribution < -0.4 is 15.5 Å². The van der Waals surface area contributed by atoms with Gasteiger partial charge in [0.15, 0.2) is 11.3 Å². The Hall–Kier alpha value is -2.15. The molecule has 27 heavy (non-hydrogen) atoms. The zero-order chi connectivity index (χ0) is 18.6. The molecule has 2 aliphatic heterocycles. The first-order chi connectivity index (χ1) is 13.2. The smallest absolute Gasteiger partial charge is 0.272 e. The van der Waals surface area contributed by atoms with E-state index in [-0.39, 0.29) is 11.9 Å². The van der Waals surface area contributed by atoms with Crippen molar-refractivity contribution in [2.45, 2.75) is 51.0 Å². The highest BCUT2D eigenvalue weighted by Crippen LogP contribution is 2.23. The van der Waals surface area contributed by atoms with Crippen molar-refractivity contribution in [3.63, 3.8) is 0 Å². The topological polar surface area (TPSA) is 75.1 Å². The lowest BCUT2D eigenvalue weighted by molar-refractivity contribution is 0.0925. The first kappa shape index (κ1) is 18.2. The molecule has 0 saturated carbocycles. The Balaban J connectivity index is 1.55. The highest BCUT2D eigenvalue weighted by atomic mass is 16.2. The third-order valence-electron chi connectivity index (χ3n) is 5.74. The van der Waals surface area contributed by atoms with Crippen LogP contribution in [0.2, 0.25) is 0 Å². The Morgan fingerprint density at radius 3 is 2.56 bits per heavy atom. The maximum Gasteiger partial charge on any atom is 0.272 e. The normalized spacial score (nSPS) is 19.7. The number of carbonyl (C=O) groups excluding carboxylic acids is 1. The number of amides is 1. The van der Waals surface area contributed by atoms with E-state index in [0.717, 1.165) is 55.9 Å². The second kappa shape index (κ2) is 8.25. The van der Waals surface area contributed by atoms with Gasteiger partial charge in [0, 0.05) is 26.2 Å². The number of hydrogen-bond acceptors (Lipinski definition) is 5. The van der Waals surface area contributed by atoms with E-state index in [4.69, 9.17) is 4.98 Å². The van der Waals surface area contributed by atoms with Gasteiger partial charge in [0.1, 0.15) is 5.82 Å². The number of piperidine rings is 1. The minimum absolute atomic E-state index is 0.0895. The van der Waals surface area contributed by atoms with Gasteiger partial charge in [-0.1, -0.05) is 19.3 Å². The molecule has 146 valence electrons. The van der Waals surface area contributed by atoms with Crippen molar-refractivity contribution in [2.75, 3.05) is 31.1 Å². The number of fused-ring (bicyclic) bond motifs is 1. The van der Waals surface area contributed by atoms with Crippen molar-refractivity contribution in [3.8, 4) is 0 Å². The monoisotopic (exact) mass is 370 g/mol. The number of anilines is 1. The average Bonchev–Trinajstić information content (AvgIpc) is 2.99. The summed E-state index contributed by atoms with van der Waals surface area (Å²) in [4.78, 5) is 20.0. The predicted octanol–water partition coefficient (Wildman–Crippen LogP) is 2.22. The highest BCUT2D eigenvalue weighted by molar-refractivity contribution is 6.04.